The normalized spacial score (nSPS) is 16.7. The van der Waals surface area contributed by atoms with Gasteiger partial charge in [-0.05, 0) is 31.7 Å². The molecule has 2 N–H and O–H groups in total. The molecule has 0 unspecified atom stereocenters. The number of aromatic amines is 1. The number of carbonyl (C=O) groups excluding carboxylic acids is 1. The largest absolute Gasteiger partial charge is 0.367 e. The molecule has 0 aliphatic heterocycles. The third-order valence-electron chi connectivity index (χ3n) is 2.64. The van der Waals surface area contributed by atoms with Gasteiger partial charge in [-0.25, -0.2) is 0 Å². The van der Waals surface area contributed by atoms with Crippen LogP contribution in [0.15, 0.2) is 12.4 Å². The van der Waals surface area contributed by atoms with Crippen LogP contribution in [0.5, 0.6) is 0 Å². The Hall–Kier alpha value is -1.25. The Balaban J connectivity index is 2.00. The summed E-state index contributed by atoms with van der Waals surface area (Å²) in [6, 6.07) is 0.418. The van der Waals surface area contributed by atoms with Crippen molar-refractivity contribution in [2.45, 2.75) is 32.2 Å². The van der Waals surface area contributed by atoms with Gasteiger partial charge in [-0.1, -0.05) is 0 Å². The molecule has 1 heterocycles. The predicted octanol–water partition coefficient (Wildman–Crippen LogP) is 1.61. The summed E-state index contributed by atoms with van der Waals surface area (Å²) in [4.78, 5) is 14.5. The molecular weight excluding hydrogens is 164 g/mol. The Kier molecular flexibility index (Phi) is 2.08. The molecule has 0 aromatic carbocycles. The lowest BCUT2D eigenvalue weighted by Crippen LogP contribution is -2.39. The molecule has 13 heavy (non-hydrogen) atoms. The second-order valence-electron chi connectivity index (χ2n) is 3.65. The van der Waals surface area contributed by atoms with E-state index in [0.717, 1.165) is 24.0 Å². The summed E-state index contributed by atoms with van der Waals surface area (Å²) in [5.74, 6) is 0.0588. The lowest BCUT2D eigenvalue weighted by molar-refractivity contribution is 0.0916. The fourth-order valence-corrected chi connectivity index (χ4v) is 1.50. The monoisotopic (exact) mass is 178 g/mol. The number of nitrogens with one attached hydrogen (secondary N) is 2. The smallest absolute Gasteiger partial charge is 0.253 e. The maximum Gasteiger partial charge on any atom is 0.253 e. The third-order valence-corrected chi connectivity index (χ3v) is 2.64. The fourth-order valence-electron chi connectivity index (χ4n) is 1.50. The van der Waals surface area contributed by atoms with Crippen LogP contribution in [0.4, 0.5) is 0 Å². The topological polar surface area (TPSA) is 44.9 Å². The molecule has 1 fully saturated rings. The SMILES string of the molecule is Cc1c[nH]cc1C(=O)NC1CCC1. The number of H-pyrrole nitrogens is 1. The zero-order chi connectivity index (χ0) is 9.26. The number of hydrogen-bond donors (Lipinski definition) is 2. The highest BCUT2D eigenvalue weighted by atomic mass is 16.1. The number of aromatic nitrogens is 1. The third kappa shape index (κ3) is 1.59. The summed E-state index contributed by atoms with van der Waals surface area (Å²) in [7, 11) is 0. The van der Waals surface area contributed by atoms with Crippen LogP contribution in [0.3, 0.4) is 0 Å². The molecule has 1 saturated carbocycles. The summed E-state index contributed by atoms with van der Waals surface area (Å²) >= 11 is 0. The van der Waals surface area contributed by atoms with Crippen LogP contribution >= 0.6 is 0 Å². The van der Waals surface area contributed by atoms with Crippen LogP contribution in [0.2, 0.25) is 0 Å². The molecule has 0 radical (unpaired) electrons. The first-order valence-corrected chi connectivity index (χ1v) is 4.71. The van der Waals surface area contributed by atoms with Crippen LogP contribution < -0.4 is 5.32 Å². The zero-order valence-electron chi connectivity index (χ0n) is 7.76. The second-order valence-corrected chi connectivity index (χ2v) is 3.65. The van der Waals surface area contributed by atoms with E-state index in [9.17, 15) is 4.79 Å². The molecule has 2 rings (SSSR count). The highest BCUT2D eigenvalue weighted by Crippen LogP contribution is 2.18. The lowest BCUT2D eigenvalue weighted by Gasteiger charge is -2.26. The maximum atomic E-state index is 11.6. The summed E-state index contributed by atoms with van der Waals surface area (Å²) in [5.41, 5.74) is 1.78. The first-order chi connectivity index (χ1) is 6.27. The molecule has 1 aromatic rings. The fraction of sp³-hybridized carbons (Fsp3) is 0.500. The van der Waals surface area contributed by atoms with E-state index in [2.05, 4.69) is 10.3 Å². The van der Waals surface area contributed by atoms with Gasteiger partial charge in [-0.3, -0.25) is 4.79 Å². The minimum atomic E-state index is 0.0588. The van der Waals surface area contributed by atoms with Crippen molar-refractivity contribution in [2.75, 3.05) is 0 Å². The van der Waals surface area contributed by atoms with Crippen LogP contribution in [0.25, 0.3) is 0 Å². The molecule has 0 spiro atoms. The van der Waals surface area contributed by atoms with Crippen LogP contribution in [-0.2, 0) is 0 Å². The first kappa shape index (κ1) is 8.35. The number of amides is 1. The van der Waals surface area contributed by atoms with E-state index >= 15 is 0 Å². The summed E-state index contributed by atoms with van der Waals surface area (Å²) < 4.78 is 0. The Labute approximate surface area is 77.5 Å². The molecule has 70 valence electrons. The van der Waals surface area contributed by atoms with E-state index in [-0.39, 0.29) is 5.91 Å². The quantitative estimate of drug-likeness (QED) is 0.710. The predicted molar refractivity (Wildman–Crippen MR) is 50.6 cm³/mol. The Morgan fingerprint density at radius 3 is 2.77 bits per heavy atom. The van der Waals surface area contributed by atoms with Gasteiger partial charge in [0.1, 0.15) is 0 Å². The van der Waals surface area contributed by atoms with Gasteiger partial charge in [0.15, 0.2) is 0 Å². The van der Waals surface area contributed by atoms with E-state index < -0.39 is 0 Å². The Morgan fingerprint density at radius 2 is 2.31 bits per heavy atom. The van der Waals surface area contributed by atoms with Crippen molar-refractivity contribution in [1.29, 1.82) is 0 Å². The van der Waals surface area contributed by atoms with Gasteiger partial charge < -0.3 is 10.3 Å². The molecule has 1 amide bonds. The van der Waals surface area contributed by atoms with Crippen molar-refractivity contribution in [1.82, 2.24) is 10.3 Å². The highest BCUT2D eigenvalue weighted by Gasteiger charge is 2.20. The van der Waals surface area contributed by atoms with E-state index in [4.69, 9.17) is 0 Å². The van der Waals surface area contributed by atoms with Gasteiger partial charge in [0, 0.05) is 18.4 Å². The van der Waals surface area contributed by atoms with Crippen molar-refractivity contribution >= 4 is 5.91 Å². The number of rotatable bonds is 2. The zero-order valence-corrected chi connectivity index (χ0v) is 7.76. The second kappa shape index (κ2) is 3.24. The minimum absolute atomic E-state index is 0.0588. The Morgan fingerprint density at radius 1 is 1.54 bits per heavy atom. The van der Waals surface area contributed by atoms with Gasteiger partial charge in [-0.15, -0.1) is 0 Å². The Bertz CT molecular complexity index is 312. The van der Waals surface area contributed by atoms with E-state index in [1.54, 1.807) is 6.20 Å². The van der Waals surface area contributed by atoms with E-state index in [1.807, 2.05) is 13.1 Å². The lowest BCUT2D eigenvalue weighted by atomic mass is 9.93. The van der Waals surface area contributed by atoms with Crippen molar-refractivity contribution in [3.63, 3.8) is 0 Å². The van der Waals surface area contributed by atoms with Crippen LogP contribution in [0, 0.1) is 6.92 Å². The molecule has 0 atom stereocenters. The molecule has 3 nitrogen and oxygen atoms in total. The average Bonchev–Trinajstić information content (AvgIpc) is 2.43. The van der Waals surface area contributed by atoms with Crippen LogP contribution in [0.1, 0.15) is 35.2 Å². The number of carbonyl (C=O) groups is 1. The summed E-state index contributed by atoms with van der Waals surface area (Å²) in [5, 5.41) is 3.00. The van der Waals surface area contributed by atoms with Crippen molar-refractivity contribution in [3.05, 3.63) is 23.5 Å². The molecule has 1 aliphatic rings. The molecule has 0 bridgehead atoms. The van der Waals surface area contributed by atoms with Crippen molar-refractivity contribution in [3.8, 4) is 0 Å². The average molecular weight is 178 g/mol. The molecule has 0 saturated heterocycles. The van der Waals surface area contributed by atoms with Gasteiger partial charge in [0.2, 0.25) is 0 Å². The van der Waals surface area contributed by atoms with Gasteiger partial charge in [0.25, 0.3) is 5.91 Å². The number of aryl methyl sites for hydroxylation is 1. The minimum Gasteiger partial charge on any atom is -0.367 e. The standard InChI is InChI=1S/C10H14N2O/c1-7-5-11-6-9(7)10(13)12-8-3-2-4-8/h5-6,8,11H,2-4H2,1H3,(H,12,13). The van der Waals surface area contributed by atoms with Crippen molar-refractivity contribution in [2.24, 2.45) is 0 Å². The summed E-state index contributed by atoms with van der Waals surface area (Å²) in [6.07, 6.45) is 7.11. The van der Waals surface area contributed by atoms with Crippen LogP contribution in [-0.4, -0.2) is 16.9 Å². The molecule has 1 aliphatic carbocycles. The molecule has 1 aromatic heterocycles. The van der Waals surface area contributed by atoms with Gasteiger partial charge in [0.05, 0.1) is 5.56 Å². The number of hydrogen-bond acceptors (Lipinski definition) is 1. The van der Waals surface area contributed by atoms with Gasteiger partial charge in [-0.2, -0.15) is 0 Å². The molecular formula is C10H14N2O. The summed E-state index contributed by atoms with van der Waals surface area (Å²) in [6.45, 7) is 1.94. The van der Waals surface area contributed by atoms with E-state index in [0.29, 0.717) is 6.04 Å². The first-order valence-electron chi connectivity index (χ1n) is 4.71. The highest BCUT2D eigenvalue weighted by molar-refractivity contribution is 5.95. The maximum absolute atomic E-state index is 11.6. The molecule has 3 heteroatoms. The van der Waals surface area contributed by atoms with Crippen molar-refractivity contribution < 1.29 is 4.79 Å². The van der Waals surface area contributed by atoms with E-state index in [1.165, 1.54) is 6.42 Å². The van der Waals surface area contributed by atoms with Gasteiger partial charge >= 0.3 is 0 Å².